The largest absolute Gasteiger partial charge is 0.481 e. The molecule has 3 aromatic rings. The van der Waals surface area contributed by atoms with Gasteiger partial charge in [-0.25, -0.2) is 0 Å². The zero-order valence-corrected chi connectivity index (χ0v) is 20.0. The quantitative estimate of drug-likeness (QED) is 0.448. The standard InChI is InChI=1S/C25H30N2O3S2/c1-18-6-7-20-8-9-23(28)27(22(20)16-18)11-2-4-19-10-12-26(17-21(19)25(29)30)13-15-32-24-5-3-14-31-24/h3,5-9,14,16,19,21H,2,4,10-13,15,17H2,1H3,(H,29,30). The van der Waals surface area contributed by atoms with Crippen molar-refractivity contribution in [2.45, 2.75) is 36.9 Å². The second-order valence-electron chi connectivity index (χ2n) is 8.60. The number of likely N-dealkylation sites (tertiary alicyclic amines) is 1. The Hall–Kier alpha value is -2.09. The third-order valence-corrected chi connectivity index (χ3v) is 8.52. The van der Waals surface area contributed by atoms with Crippen LogP contribution in [0, 0.1) is 18.8 Å². The van der Waals surface area contributed by atoms with Crippen LogP contribution in [0.1, 0.15) is 24.8 Å². The van der Waals surface area contributed by atoms with E-state index in [-0.39, 0.29) is 17.4 Å². The number of nitrogens with zero attached hydrogens (tertiary/aromatic N) is 2. The van der Waals surface area contributed by atoms with Gasteiger partial charge in [-0.1, -0.05) is 18.2 Å². The summed E-state index contributed by atoms with van der Waals surface area (Å²) in [5.41, 5.74) is 2.11. The number of aliphatic carboxylic acids is 1. The van der Waals surface area contributed by atoms with Crippen LogP contribution in [0.4, 0.5) is 0 Å². The molecule has 1 aliphatic rings. The minimum absolute atomic E-state index is 0.0101. The maximum Gasteiger partial charge on any atom is 0.308 e. The van der Waals surface area contributed by atoms with Crippen molar-refractivity contribution in [3.8, 4) is 0 Å². The zero-order valence-electron chi connectivity index (χ0n) is 18.4. The van der Waals surface area contributed by atoms with Crippen LogP contribution in [0.2, 0.25) is 0 Å². The van der Waals surface area contributed by atoms with Crippen LogP contribution >= 0.6 is 23.1 Å². The highest BCUT2D eigenvalue weighted by molar-refractivity contribution is 8.01. The smallest absolute Gasteiger partial charge is 0.308 e. The van der Waals surface area contributed by atoms with Gasteiger partial charge in [0.15, 0.2) is 0 Å². The average molecular weight is 471 g/mol. The maximum atomic E-state index is 12.5. The lowest BCUT2D eigenvalue weighted by molar-refractivity contribution is -0.146. The molecule has 4 rings (SSSR count). The second-order valence-corrected chi connectivity index (χ2v) is 10.9. The zero-order chi connectivity index (χ0) is 22.5. The maximum absolute atomic E-state index is 12.5. The van der Waals surface area contributed by atoms with Crippen LogP contribution in [-0.2, 0) is 11.3 Å². The highest BCUT2D eigenvalue weighted by atomic mass is 32.2. The summed E-state index contributed by atoms with van der Waals surface area (Å²) in [5.74, 6) is 0.132. The molecule has 0 spiro atoms. The second kappa shape index (κ2) is 10.7. The predicted molar refractivity (Wildman–Crippen MR) is 133 cm³/mol. The lowest BCUT2D eigenvalue weighted by Gasteiger charge is -2.36. The van der Waals surface area contributed by atoms with E-state index in [0.717, 1.165) is 54.6 Å². The molecule has 2 atom stereocenters. The highest BCUT2D eigenvalue weighted by Crippen LogP contribution is 2.29. The molecular weight excluding hydrogens is 440 g/mol. The minimum Gasteiger partial charge on any atom is -0.481 e. The summed E-state index contributed by atoms with van der Waals surface area (Å²) in [5, 5.41) is 13.0. The molecule has 7 heteroatoms. The monoisotopic (exact) mass is 470 g/mol. The summed E-state index contributed by atoms with van der Waals surface area (Å²) in [6.07, 6.45) is 2.56. The van der Waals surface area contributed by atoms with E-state index in [2.05, 4.69) is 34.5 Å². The molecule has 0 radical (unpaired) electrons. The van der Waals surface area contributed by atoms with Gasteiger partial charge in [0.2, 0.25) is 0 Å². The van der Waals surface area contributed by atoms with Gasteiger partial charge in [0.05, 0.1) is 15.6 Å². The molecule has 2 unspecified atom stereocenters. The summed E-state index contributed by atoms with van der Waals surface area (Å²) < 4.78 is 3.16. The van der Waals surface area contributed by atoms with Gasteiger partial charge in [0.25, 0.3) is 5.56 Å². The number of benzene rings is 1. The van der Waals surface area contributed by atoms with Gasteiger partial charge in [-0.2, -0.15) is 0 Å². The molecule has 1 aromatic carbocycles. The number of hydrogen-bond acceptors (Lipinski definition) is 5. The fourth-order valence-electron chi connectivity index (χ4n) is 4.66. The van der Waals surface area contributed by atoms with Gasteiger partial charge in [0, 0.05) is 31.5 Å². The number of aromatic nitrogens is 1. The van der Waals surface area contributed by atoms with Gasteiger partial charge < -0.3 is 14.6 Å². The van der Waals surface area contributed by atoms with Gasteiger partial charge in [-0.15, -0.1) is 23.1 Å². The molecule has 3 heterocycles. The van der Waals surface area contributed by atoms with Gasteiger partial charge in [-0.3, -0.25) is 9.59 Å². The van der Waals surface area contributed by atoms with Crippen molar-refractivity contribution in [2.75, 3.05) is 25.4 Å². The summed E-state index contributed by atoms with van der Waals surface area (Å²) in [6.45, 7) is 5.16. The van der Waals surface area contributed by atoms with Gasteiger partial charge in [0.1, 0.15) is 0 Å². The number of thioether (sulfide) groups is 1. The topological polar surface area (TPSA) is 62.5 Å². The predicted octanol–water partition coefficient (Wildman–Crippen LogP) is 4.97. The van der Waals surface area contributed by atoms with E-state index in [0.29, 0.717) is 13.1 Å². The Morgan fingerprint density at radius 1 is 1.22 bits per heavy atom. The van der Waals surface area contributed by atoms with Gasteiger partial charge in [-0.05, 0) is 73.2 Å². The van der Waals surface area contributed by atoms with Crippen molar-refractivity contribution in [1.29, 1.82) is 0 Å². The van der Waals surface area contributed by atoms with Crippen LogP contribution < -0.4 is 5.56 Å². The highest BCUT2D eigenvalue weighted by Gasteiger charge is 2.33. The average Bonchev–Trinajstić information content (AvgIpc) is 3.29. The van der Waals surface area contributed by atoms with E-state index in [9.17, 15) is 14.7 Å². The molecule has 1 fully saturated rings. The normalized spacial score (nSPS) is 19.4. The fourth-order valence-corrected chi connectivity index (χ4v) is 6.52. The number of carboxylic acids is 1. The number of thiophene rings is 1. The first-order valence-corrected chi connectivity index (χ1v) is 13.1. The van der Waals surface area contributed by atoms with E-state index in [4.69, 9.17) is 0 Å². The number of carbonyl (C=O) groups is 1. The minimum atomic E-state index is -0.691. The van der Waals surface area contributed by atoms with Crippen LogP contribution in [0.5, 0.6) is 0 Å². The molecule has 1 aliphatic heterocycles. The van der Waals surface area contributed by atoms with Crippen molar-refractivity contribution < 1.29 is 9.90 Å². The SMILES string of the molecule is Cc1ccc2ccc(=O)n(CCCC3CCN(CCSc4cccs4)CC3C(=O)O)c2c1. The number of fused-ring (bicyclic) bond motifs is 1. The first-order valence-electron chi connectivity index (χ1n) is 11.2. The molecule has 1 saturated heterocycles. The molecule has 0 bridgehead atoms. The summed E-state index contributed by atoms with van der Waals surface area (Å²) in [7, 11) is 0. The number of rotatable bonds is 9. The lowest BCUT2D eigenvalue weighted by Crippen LogP contribution is -2.44. The molecule has 32 heavy (non-hydrogen) atoms. The first kappa shape index (κ1) is 23.1. The Labute approximate surface area is 197 Å². The Kier molecular flexibility index (Phi) is 7.71. The number of piperidine rings is 1. The van der Waals surface area contributed by atoms with Crippen LogP contribution in [-0.4, -0.2) is 45.9 Å². The molecule has 0 amide bonds. The third-order valence-electron chi connectivity index (χ3n) is 6.41. The molecule has 0 saturated carbocycles. The molecule has 170 valence electrons. The van der Waals surface area contributed by atoms with Gasteiger partial charge >= 0.3 is 5.97 Å². The fraction of sp³-hybridized carbons (Fsp3) is 0.440. The molecule has 0 aliphatic carbocycles. The van der Waals surface area contributed by atoms with E-state index >= 15 is 0 Å². The van der Waals surface area contributed by atoms with Crippen molar-refractivity contribution in [3.63, 3.8) is 0 Å². The van der Waals surface area contributed by atoms with Crippen molar-refractivity contribution in [3.05, 3.63) is 63.8 Å². The molecular formula is C25H30N2O3S2. The van der Waals surface area contributed by atoms with E-state index in [1.54, 1.807) is 17.4 Å². The summed E-state index contributed by atoms with van der Waals surface area (Å²) in [6, 6.07) is 13.9. The van der Waals surface area contributed by atoms with Crippen molar-refractivity contribution in [1.82, 2.24) is 9.47 Å². The number of aryl methyl sites for hydroxylation is 2. The lowest BCUT2D eigenvalue weighted by atomic mass is 9.82. The first-order chi connectivity index (χ1) is 15.5. The Morgan fingerprint density at radius 2 is 2.06 bits per heavy atom. The van der Waals surface area contributed by atoms with Crippen LogP contribution in [0.25, 0.3) is 10.9 Å². The summed E-state index contributed by atoms with van der Waals surface area (Å²) >= 11 is 3.59. The third kappa shape index (κ3) is 5.63. The number of carboxylic acid groups (broad SMARTS) is 1. The Morgan fingerprint density at radius 3 is 2.84 bits per heavy atom. The van der Waals surface area contributed by atoms with E-state index in [1.165, 1.54) is 4.21 Å². The Bertz CT molecular complexity index is 1110. The van der Waals surface area contributed by atoms with E-state index < -0.39 is 5.97 Å². The molecule has 5 nitrogen and oxygen atoms in total. The number of hydrogen-bond donors (Lipinski definition) is 1. The van der Waals surface area contributed by atoms with Crippen molar-refractivity contribution >= 4 is 40.0 Å². The van der Waals surface area contributed by atoms with Crippen LogP contribution in [0.3, 0.4) is 0 Å². The summed E-state index contributed by atoms with van der Waals surface area (Å²) in [4.78, 5) is 26.8. The molecule has 1 N–H and O–H groups in total. The number of pyridine rings is 1. The molecule has 2 aromatic heterocycles. The van der Waals surface area contributed by atoms with Crippen molar-refractivity contribution in [2.24, 2.45) is 11.8 Å². The van der Waals surface area contributed by atoms with E-state index in [1.807, 2.05) is 35.4 Å². The Balaban J connectivity index is 1.33. The van der Waals surface area contributed by atoms with Crippen LogP contribution in [0.15, 0.2) is 56.8 Å².